The molecular weight excluding hydrogens is 401 g/mol. The number of likely N-dealkylation sites (tertiary alicyclic amines) is 1. The molecule has 3 aromatic rings. The van der Waals surface area contributed by atoms with Crippen LogP contribution in [0.2, 0.25) is 0 Å². The van der Waals surface area contributed by atoms with Crippen LogP contribution >= 0.6 is 0 Å². The summed E-state index contributed by atoms with van der Waals surface area (Å²) in [5.41, 5.74) is 0.677. The van der Waals surface area contributed by atoms with Crippen LogP contribution in [0.3, 0.4) is 0 Å². The van der Waals surface area contributed by atoms with Gasteiger partial charge in [-0.2, -0.15) is 5.26 Å². The monoisotopic (exact) mass is 429 g/mol. The van der Waals surface area contributed by atoms with E-state index in [1.54, 1.807) is 18.3 Å². The van der Waals surface area contributed by atoms with Gasteiger partial charge in [-0.05, 0) is 80.2 Å². The van der Waals surface area contributed by atoms with Crippen LogP contribution in [0.15, 0.2) is 79.0 Å². The van der Waals surface area contributed by atoms with Gasteiger partial charge in [0, 0.05) is 12.7 Å². The lowest BCUT2D eigenvalue weighted by Gasteiger charge is -2.40. The zero-order valence-corrected chi connectivity index (χ0v) is 18.2. The molecule has 0 bridgehead atoms. The molecule has 32 heavy (non-hydrogen) atoms. The third-order valence-electron chi connectivity index (χ3n) is 6.38. The van der Waals surface area contributed by atoms with Gasteiger partial charge in [0.2, 0.25) is 0 Å². The highest BCUT2D eigenvalue weighted by Crippen LogP contribution is 2.43. The average molecular weight is 430 g/mol. The summed E-state index contributed by atoms with van der Waals surface area (Å²) in [5.74, 6) is 0.721. The van der Waals surface area contributed by atoms with Crippen LogP contribution in [0.4, 0.5) is 4.39 Å². The number of benzene rings is 2. The number of rotatable bonds is 8. The van der Waals surface area contributed by atoms with E-state index in [4.69, 9.17) is 4.74 Å². The first-order chi connectivity index (χ1) is 15.7. The van der Waals surface area contributed by atoms with Gasteiger partial charge in [-0.3, -0.25) is 4.98 Å². The molecule has 1 fully saturated rings. The van der Waals surface area contributed by atoms with E-state index in [0.717, 1.165) is 55.9 Å². The van der Waals surface area contributed by atoms with Crippen LogP contribution in [-0.4, -0.2) is 36.1 Å². The lowest BCUT2D eigenvalue weighted by Crippen LogP contribution is -2.44. The van der Waals surface area contributed by atoms with E-state index in [1.807, 2.05) is 48.5 Å². The fraction of sp³-hybridized carbons (Fsp3) is 0.333. The molecule has 5 heteroatoms. The maximum absolute atomic E-state index is 13.6. The minimum atomic E-state index is -0.878. The van der Waals surface area contributed by atoms with Crippen molar-refractivity contribution in [3.8, 4) is 11.8 Å². The van der Waals surface area contributed by atoms with E-state index in [0.29, 0.717) is 6.61 Å². The molecule has 4 nitrogen and oxygen atoms in total. The molecule has 1 atom stereocenters. The number of aromatic nitrogens is 1. The second-order valence-electron chi connectivity index (χ2n) is 8.27. The van der Waals surface area contributed by atoms with E-state index in [-0.39, 0.29) is 11.7 Å². The van der Waals surface area contributed by atoms with Crippen LogP contribution in [-0.2, 0) is 5.41 Å². The Bertz CT molecular complexity index is 1010. The predicted molar refractivity (Wildman–Crippen MR) is 123 cm³/mol. The average Bonchev–Trinajstić information content (AvgIpc) is 2.86. The maximum atomic E-state index is 13.6. The Morgan fingerprint density at radius 3 is 2.38 bits per heavy atom. The third kappa shape index (κ3) is 4.81. The first kappa shape index (κ1) is 22.0. The first-order valence-electron chi connectivity index (χ1n) is 11.2. The first-order valence-corrected chi connectivity index (χ1v) is 11.2. The van der Waals surface area contributed by atoms with Crippen molar-refractivity contribution in [3.05, 3.63) is 96.1 Å². The minimum absolute atomic E-state index is 0.115. The molecule has 0 N–H and O–H groups in total. The van der Waals surface area contributed by atoms with Crippen LogP contribution < -0.4 is 4.74 Å². The number of para-hydroxylation sites is 1. The number of nitrogens with zero attached hydrogens (tertiary/aromatic N) is 3. The summed E-state index contributed by atoms with van der Waals surface area (Å²) in [6, 6.07) is 24.5. The van der Waals surface area contributed by atoms with Crippen molar-refractivity contribution in [1.82, 2.24) is 9.88 Å². The van der Waals surface area contributed by atoms with Gasteiger partial charge in [0.05, 0.1) is 18.4 Å². The Balaban J connectivity index is 1.42. The molecule has 1 aliphatic heterocycles. The quantitative estimate of drug-likeness (QED) is 0.461. The zero-order chi connectivity index (χ0) is 22.2. The van der Waals surface area contributed by atoms with Crippen molar-refractivity contribution in [2.75, 3.05) is 26.2 Å². The SMILES string of the molecule is N#CC(c1ccc(F)cc1)(c1ccccn1)C1CCN(CCCOc2ccccc2)CC1. The summed E-state index contributed by atoms with van der Waals surface area (Å²) in [5, 5.41) is 10.4. The molecule has 0 saturated carbocycles. The van der Waals surface area contributed by atoms with E-state index >= 15 is 0 Å². The van der Waals surface area contributed by atoms with Gasteiger partial charge in [0.15, 0.2) is 0 Å². The summed E-state index contributed by atoms with van der Waals surface area (Å²) in [7, 11) is 0. The fourth-order valence-corrected chi connectivity index (χ4v) is 4.70. The van der Waals surface area contributed by atoms with E-state index < -0.39 is 5.41 Å². The van der Waals surface area contributed by atoms with Crippen LogP contribution in [0.25, 0.3) is 0 Å². The molecule has 0 radical (unpaired) electrons. The molecule has 0 spiro atoms. The van der Waals surface area contributed by atoms with E-state index in [2.05, 4.69) is 16.0 Å². The predicted octanol–water partition coefficient (Wildman–Crippen LogP) is 5.21. The van der Waals surface area contributed by atoms with Crippen molar-refractivity contribution in [1.29, 1.82) is 5.26 Å². The summed E-state index contributed by atoms with van der Waals surface area (Å²) >= 11 is 0. The highest BCUT2D eigenvalue weighted by molar-refractivity contribution is 5.44. The topological polar surface area (TPSA) is 49.2 Å². The van der Waals surface area contributed by atoms with Crippen molar-refractivity contribution < 1.29 is 9.13 Å². The van der Waals surface area contributed by atoms with Crippen molar-refractivity contribution in [2.24, 2.45) is 5.92 Å². The Morgan fingerprint density at radius 2 is 1.72 bits per heavy atom. The fourth-order valence-electron chi connectivity index (χ4n) is 4.70. The number of hydrogen-bond acceptors (Lipinski definition) is 4. The smallest absolute Gasteiger partial charge is 0.127 e. The highest BCUT2D eigenvalue weighted by atomic mass is 19.1. The summed E-state index contributed by atoms with van der Waals surface area (Å²) < 4.78 is 19.4. The van der Waals surface area contributed by atoms with Gasteiger partial charge in [0.1, 0.15) is 17.0 Å². The Kier molecular flexibility index (Phi) is 7.14. The third-order valence-corrected chi connectivity index (χ3v) is 6.38. The number of ether oxygens (including phenoxy) is 1. The van der Waals surface area contributed by atoms with E-state index in [1.165, 1.54) is 12.1 Å². The molecule has 1 aliphatic rings. The Hall–Kier alpha value is -3.23. The minimum Gasteiger partial charge on any atom is -0.494 e. The number of hydrogen-bond donors (Lipinski definition) is 0. The molecule has 2 aromatic carbocycles. The van der Waals surface area contributed by atoms with Crippen molar-refractivity contribution >= 4 is 0 Å². The highest BCUT2D eigenvalue weighted by Gasteiger charge is 2.44. The molecule has 0 amide bonds. The van der Waals surface area contributed by atoms with Gasteiger partial charge < -0.3 is 9.64 Å². The summed E-state index contributed by atoms with van der Waals surface area (Å²) in [4.78, 5) is 7.00. The molecule has 1 unspecified atom stereocenters. The molecule has 4 rings (SSSR count). The second kappa shape index (κ2) is 10.4. The molecule has 1 aromatic heterocycles. The van der Waals surface area contributed by atoms with Crippen molar-refractivity contribution in [3.63, 3.8) is 0 Å². The normalized spacial score (nSPS) is 16.8. The summed E-state index contributed by atoms with van der Waals surface area (Å²) in [6.45, 7) is 3.51. The molecule has 164 valence electrons. The standard InChI is InChI=1S/C27H28FN3O/c28-24-12-10-22(11-13-24)27(21-29,26-9-4-5-16-30-26)23-14-18-31(19-15-23)17-6-20-32-25-7-2-1-3-8-25/h1-5,7-13,16,23H,6,14-15,17-20H2. The Morgan fingerprint density at radius 1 is 1.00 bits per heavy atom. The summed E-state index contributed by atoms with van der Waals surface area (Å²) in [6.07, 6.45) is 4.47. The number of piperidine rings is 1. The van der Waals surface area contributed by atoms with Gasteiger partial charge in [-0.15, -0.1) is 0 Å². The maximum Gasteiger partial charge on any atom is 0.127 e. The van der Waals surface area contributed by atoms with E-state index in [9.17, 15) is 9.65 Å². The molecule has 1 saturated heterocycles. The van der Waals surface area contributed by atoms with Gasteiger partial charge in [-0.1, -0.05) is 36.4 Å². The van der Waals surface area contributed by atoms with Gasteiger partial charge in [-0.25, -0.2) is 4.39 Å². The Labute approximate surface area is 189 Å². The zero-order valence-electron chi connectivity index (χ0n) is 18.2. The van der Waals surface area contributed by atoms with Gasteiger partial charge in [0.25, 0.3) is 0 Å². The largest absolute Gasteiger partial charge is 0.494 e. The van der Waals surface area contributed by atoms with Crippen LogP contribution in [0.5, 0.6) is 5.75 Å². The lowest BCUT2D eigenvalue weighted by molar-refractivity contribution is 0.149. The molecular formula is C27H28FN3O. The second-order valence-corrected chi connectivity index (χ2v) is 8.27. The number of halogens is 1. The van der Waals surface area contributed by atoms with Crippen molar-refractivity contribution in [2.45, 2.75) is 24.7 Å². The number of pyridine rings is 1. The number of nitriles is 1. The molecule has 0 aliphatic carbocycles. The van der Waals surface area contributed by atoms with Crippen LogP contribution in [0, 0.1) is 23.1 Å². The molecule has 2 heterocycles. The van der Waals surface area contributed by atoms with Gasteiger partial charge >= 0.3 is 0 Å². The van der Waals surface area contributed by atoms with Crippen LogP contribution in [0.1, 0.15) is 30.5 Å². The lowest BCUT2D eigenvalue weighted by atomic mass is 9.65.